The highest BCUT2D eigenvalue weighted by Crippen LogP contribution is 2.22. The highest BCUT2D eigenvalue weighted by molar-refractivity contribution is 8.39. The maximum absolute atomic E-state index is 12.1. The van der Waals surface area contributed by atoms with E-state index in [0.29, 0.717) is 9.94 Å². The number of rotatable bonds is 5. The number of benzene rings is 2. The molecular formula is C19H16N2OS2. The van der Waals surface area contributed by atoms with Crippen molar-refractivity contribution in [1.29, 1.82) is 5.26 Å². The highest BCUT2D eigenvalue weighted by Gasteiger charge is 2.03. The van der Waals surface area contributed by atoms with Crippen LogP contribution in [0.15, 0.2) is 71.1 Å². The molecule has 0 unspecified atom stereocenters. The molecule has 24 heavy (non-hydrogen) atoms. The quantitative estimate of drug-likeness (QED) is 0.244. The molecule has 0 fully saturated rings. The maximum Gasteiger partial charge on any atom is 0.207 e. The monoisotopic (exact) mass is 352 g/mol. The Morgan fingerprint density at radius 2 is 1.88 bits per heavy atom. The average molecular weight is 352 g/mol. The lowest BCUT2D eigenvalue weighted by molar-refractivity contribution is 0.104. The fourth-order valence-corrected chi connectivity index (χ4v) is 3.43. The summed E-state index contributed by atoms with van der Waals surface area (Å²) in [5.74, 6) is 0.667. The third-order valence-electron chi connectivity index (χ3n) is 3.07. The van der Waals surface area contributed by atoms with Crippen molar-refractivity contribution >= 4 is 33.7 Å². The lowest BCUT2D eigenvalue weighted by Crippen LogP contribution is -1.93. The van der Waals surface area contributed by atoms with E-state index >= 15 is 0 Å². The molecule has 5 heteroatoms. The minimum Gasteiger partial charge on any atom is -0.289 e. The molecule has 120 valence electrons. The number of nitrogens with zero attached hydrogens (tertiary/aromatic N) is 2. The van der Waals surface area contributed by atoms with Crippen LogP contribution in [0.2, 0.25) is 0 Å². The van der Waals surface area contributed by atoms with E-state index in [-0.39, 0.29) is 5.78 Å². The van der Waals surface area contributed by atoms with Gasteiger partial charge >= 0.3 is 0 Å². The van der Waals surface area contributed by atoms with Crippen LogP contribution < -0.4 is 0 Å². The number of carbonyl (C=O) groups is 1. The molecule has 2 rings (SSSR count). The highest BCUT2D eigenvalue weighted by atomic mass is 32.2. The second-order valence-electron chi connectivity index (χ2n) is 4.90. The molecular weight excluding hydrogens is 336 g/mol. The summed E-state index contributed by atoms with van der Waals surface area (Å²) in [6, 6.07) is 17.4. The second kappa shape index (κ2) is 9.76. The Labute approximate surface area is 150 Å². The van der Waals surface area contributed by atoms with Crippen molar-refractivity contribution in [1.82, 2.24) is 0 Å². The third-order valence-corrected chi connectivity index (χ3v) is 5.09. The summed E-state index contributed by atoms with van der Waals surface area (Å²) in [6.07, 6.45) is 3.31. The van der Waals surface area contributed by atoms with Gasteiger partial charge in [-0.2, -0.15) is 10.3 Å². The van der Waals surface area contributed by atoms with Crippen molar-refractivity contribution in [2.45, 2.75) is 12.7 Å². The predicted octanol–water partition coefficient (Wildman–Crippen LogP) is 5.20. The zero-order chi connectivity index (χ0) is 17.2. The van der Waals surface area contributed by atoms with E-state index in [1.54, 1.807) is 17.5 Å². The molecule has 0 spiro atoms. The number of carbonyl (C=O) groups excluding carboxylic acids is 1. The summed E-state index contributed by atoms with van der Waals surface area (Å²) in [4.78, 5) is 15.9. The summed E-state index contributed by atoms with van der Waals surface area (Å²) in [7, 11) is 0. The number of ketones is 1. The Morgan fingerprint density at radius 1 is 1.17 bits per heavy atom. The van der Waals surface area contributed by atoms with Crippen LogP contribution in [0.5, 0.6) is 0 Å². The van der Waals surface area contributed by atoms with E-state index in [2.05, 4.69) is 4.99 Å². The molecule has 0 aliphatic rings. The summed E-state index contributed by atoms with van der Waals surface area (Å²) >= 11 is 2.76. The largest absolute Gasteiger partial charge is 0.289 e. The Morgan fingerprint density at radius 3 is 2.54 bits per heavy atom. The molecule has 0 bridgehead atoms. The minimum absolute atomic E-state index is 0.0631. The molecule has 0 atom stereocenters. The van der Waals surface area contributed by atoms with Gasteiger partial charge in [-0.25, -0.2) is 0 Å². The van der Waals surface area contributed by atoms with Crippen molar-refractivity contribution in [2.75, 3.05) is 0 Å². The van der Waals surface area contributed by atoms with Crippen molar-refractivity contribution in [3.05, 3.63) is 82.8 Å². The minimum atomic E-state index is -0.0631. The average Bonchev–Trinajstić information content (AvgIpc) is 2.61. The normalized spacial score (nSPS) is 11.4. The lowest BCUT2D eigenvalue weighted by atomic mass is 10.1. The van der Waals surface area contributed by atoms with Crippen molar-refractivity contribution in [3.63, 3.8) is 0 Å². The standard InChI is InChI=1S/C19H16N2OS2/c1-15-7-9-17(10-8-15)18(22)11-12-23-19(21-14-20)24-13-16-5-3-2-4-6-16/h2-12H,13H2,1H3/b12-11+,21-19?. The number of nitriles is 1. The number of thioether (sulfide) groups is 2. The smallest absolute Gasteiger partial charge is 0.207 e. The first-order valence-electron chi connectivity index (χ1n) is 7.27. The zero-order valence-electron chi connectivity index (χ0n) is 13.2. The first kappa shape index (κ1) is 18.1. The van der Waals surface area contributed by atoms with Gasteiger partial charge in [0.25, 0.3) is 0 Å². The summed E-state index contributed by atoms with van der Waals surface area (Å²) in [6.45, 7) is 1.98. The maximum atomic E-state index is 12.1. The summed E-state index contributed by atoms with van der Waals surface area (Å²) in [5.41, 5.74) is 2.92. The fourth-order valence-electron chi connectivity index (χ4n) is 1.82. The Kier molecular flexibility index (Phi) is 7.34. The zero-order valence-corrected chi connectivity index (χ0v) is 14.8. The van der Waals surface area contributed by atoms with Gasteiger partial charge in [0, 0.05) is 11.3 Å². The van der Waals surface area contributed by atoms with Crippen LogP contribution in [0.3, 0.4) is 0 Å². The predicted molar refractivity (Wildman–Crippen MR) is 103 cm³/mol. The number of hydrogen-bond acceptors (Lipinski definition) is 5. The van der Waals surface area contributed by atoms with Crippen LogP contribution in [0.25, 0.3) is 0 Å². The van der Waals surface area contributed by atoms with E-state index in [9.17, 15) is 4.79 Å². The second-order valence-corrected chi connectivity index (χ2v) is 7.02. The summed E-state index contributed by atoms with van der Waals surface area (Å²) < 4.78 is 0.620. The summed E-state index contributed by atoms with van der Waals surface area (Å²) in [5, 5.41) is 10.5. The van der Waals surface area contributed by atoms with Crippen molar-refractivity contribution in [3.8, 4) is 6.19 Å². The van der Waals surface area contributed by atoms with Crippen LogP contribution in [-0.4, -0.2) is 10.2 Å². The van der Waals surface area contributed by atoms with E-state index < -0.39 is 0 Å². The van der Waals surface area contributed by atoms with Gasteiger partial charge in [-0.1, -0.05) is 83.7 Å². The van der Waals surface area contributed by atoms with E-state index in [1.807, 2.05) is 55.6 Å². The van der Waals surface area contributed by atoms with Gasteiger partial charge in [-0.05, 0) is 24.0 Å². The van der Waals surface area contributed by atoms with Crippen LogP contribution in [0.4, 0.5) is 0 Å². The molecule has 0 heterocycles. The van der Waals surface area contributed by atoms with Gasteiger partial charge in [-0.3, -0.25) is 4.79 Å². The first-order valence-corrected chi connectivity index (χ1v) is 9.13. The fraction of sp³-hybridized carbons (Fsp3) is 0.105. The molecule has 0 N–H and O–H groups in total. The molecule has 0 saturated heterocycles. The van der Waals surface area contributed by atoms with Gasteiger partial charge in [0.2, 0.25) is 6.19 Å². The Bertz CT molecular complexity index is 775. The molecule has 0 amide bonds. The van der Waals surface area contributed by atoms with E-state index in [0.717, 1.165) is 16.9 Å². The molecule has 0 radical (unpaired) electrons. The SMILES string of the molecule is Cc1ccc(C(=O)/C=C/SC(=NC#N)SCc2ccccc2)cc1. The molecule has 0 aromatic heterocycles. The first-order chi connectivity index (χ1) is 11.7. The van der Waals surface area contributed by atoms with Crippen LogP contribution in [0, 0.1) is 18.4 Å². The molecule has 0 aliphatic carbocycles. The lowest BCUT2D eigenvalue weighted by Gasteiger charge is -2.01. The molecule has 3 nitrogen and oxygen atoms in total. The van der Waals surface area contributed by atoms with Crippen LogP contribution >= 0.6 is 23.5 Å². The van der Waals surface area contributed by atoms with E-state index in [4.69, 9.17) is 5.26 Å². The third kappa shape index (κ3) is 6.07. The molecule has 0 aliphatic heterocycles. The van der Waals surface area contributed by atoms with Gasteiger partial charge < -0.3 is 0 Å². The molecule has 0 saturated carbocycles. The number of allylic oxidation sites excluding steroid dienone is 1. The van der Waals surface area contributed by atoms with Crippen LogP contribution in [-0.2, 0) is 5.75 Å². The van der Waals surface area contributed by atoms with Crippen molar-refractivity contribution in [2.24, 2.45) is 4.99 Å². The van der Waals surface area contributed by atoms with Gasteiger partial charge in [0.1, 0.15) is 4.38 Å². The number of aryl methyl sites for hydroxylation is 1. The van der Waals surface area contributed by atoms with Crippen LogP contribution in [0.1, 0.15) is 21.5 Å². The number of hydrogen-bond donors (Lipinski definition) is 0. The number of aliphatic imine (C=N–C) groups is 1. The van der Waals surface area contributed by atoms with E-state index in [1.165, 1.54) is 29.6 Å². The Balaban J connectivity index is 1.91. The van der Waals surface area contributed by atoms with Gasteiger partial charge in [-0.15, -0.1) is 0 Å². The topological polar surface area (TPSA) is 53.2 Å². The van der Waals surface area contributed by atoms with Gasteiger partial charge in [0.05, 0.1) is 0 Å². The Hall–Kier alpha value is -2.29. The molecule has 2 aromatic rings. The van der Waals surface area contributed by atoms with Gasteiger partial charge in [0.15, 0.2) is 5.78 Å². The molecule has 2 aromatic carbocycles. The van der Waals surface area contributed by atoms with Crippen molar-refractivity contribution < 1.29 is 4.79 Å².